The van der Waals surface area contributed by atoms with E-state index in [0.717, 1.165) is 36.2 Å². The number of methoxy groups -OCH3 is 1. The highest BCUT2D eigenvalue weighted by Crippen LogP contribution is 2.31. The molecule has 1 fully saturated rings. The van der Waals surface area contributed by atoms with E-state index >= 15 is 0 Å². The normalized spacial score (nSPS) is 14.7. The molecule has 10 nitrogen and oxygen atoms in total. The lowest BCUT2D eigenvalue weighted by Crippen LogP contribution is -2.40. The summed E-state index contributed by atoms with van der Waals surface area (Å²) in [6.07, 6.45) is -2.79. The van der Waals surface area contributed by atoms with Crippen molar-refractivity contribution in [3.63, 3.8) is 0 Å². The van der Waals surface area contributed by atoms with Gasteiger partial charge in [-0.2, -0.15) is 13.2 Å². The lowest BCUT2D eigenvalue weighted by molar-refractivity contribution is -0.141. The van der Waals surface area contributed by atoms with Crippen LogP contribution in [-0.4, -0.2) is 76.0 Å². The number of piperidine rings is 1. The maximum Gasteiger partial charge on any atom is 0.406 e. The summed E-state index contributed by atoms with van der Waals surface area (Å²) in [4.78, 5) is 13.1. The molecule has 2 aromatic carbocycles. The third-order valence-electron chi connectivity index (χ3n) is 7.03. The van der Waals surface area contributed by atoms with Crippen molar-refractivity contribution in [1.82, 2.24) is 9.47 Å². The van der Waals surface area contributed by atoms with Crippen LogP contribution in [0.1, 0.15) is 25.5 Å². The number of sulfonamides is 1. The Balaban J connectivity index is 1.50. The summed E-state index contributed by atoms with van der Waals surface area (Å²) >= 11 is 0. The number of halogens is 3. The van der Waals surface area contributed by atoms with Gasteiger partial charge in [-0.15, -0.1) is 0 Å². The van der Waals surface area contributed by atoms with Gasteiger partial charge in [0.2, 0.25) is 10.0 Å². The van der Waals surface area contributed by atoms with E-state index in [-0.39, 0.29) is 34.9 Å². The van der Waals surface area contributed by atoms with Crippen LogP contribution in [0.2, 0.25) is 0 Å². The van der Waals surface area contributed by atoms with E-state index in [2.05, 4.69) is 27.4 Å². The number of alkyl halides is 3. The Morgan fingerprint density at radius 2 is 1.88 bits per heavy atom. The number of nitrogens with zero attached hydrogens (tertiary/aromatic N) is 2. The number of anilines is 2. The Labute approximate surface area is 248 Å². The molecule has 1 saturated heterocycles. The van der Waals surface area contributed by atoms with Crippen LogP contribution in [0.5, 0.6) is 5.75 Å². The molecule has 1 aliphatic heterocycles. The molecule has 0 atom stereocenters. The highest BCUT2D eigenvalue weighted by Gasteiger charge is 2.30. The van der Waals surface area contributed by atoms with E-state index in [1.807, 2.05) is 6.07 Å². The number of nitrogens with one attached hydrogen (secondary N) is 2. The predicted molar refractivity (Wildman–Crippen MR) is 157 cm³/mol. The molecule has 2 heterocycles. The number of carbonyl (C=O) groups excluding carboxylic acids is 1. The quantitative estimate of drug-likeness (QED) is 0.231. The number of likely N-dealkylation sites (tertiary alicyclic amines) is 1. The lowest BCUT2D eigenvalue weighted by Gasteiger charge is -2.32. The van der Waals surface area contributed by atoms with Crippen molar-refractivity contribution in [1.29, 1.82) is 0 Å². The summed E-state index contributed by atoms with van der Waals surface area (Å²) in [6.45, 7) is 2.86. The van der Waals surface area contributed by atoms with Crippen LogP contribution in [0.4, 0.5) is 24.5 Å². The molecule has 0 aliphatic carbocycles. The first kappa shape index (κ1) is 32.0. The number of carbonyl (C=O) groups is 1. The Bertz CT molecular complexity index is 1620. The van der Waals surface area contributed by atoms with Gasteiger partial charge in [0, 0.05) is 49.7 Å². The van der Waals surface area contributed by atoms with Gasteiger partial charge in [-0.05, 0) is 49.1 Å². The number of esters is 1. The molecule has 4 rings (SSSR count). The molecule has 43 heavy (non-hydrogen) atoms. The largest absolute Gasteiger partial charge is 0.495 e. The van der Waals surface area contributed by atoms with Gasteiger partial charge in [-0.1, -0.05) is 12.0 Å². The average Bonchev–Trinajstić information content (AvgIpc) is 3.28. The number of ether oxygens (including phenoxy) is 2. The van der Waals surface area contributed by atoms with Crippen molar-refractivity contribution >= 4 is 38.3 Å². The smallest absolute Gasteiger partial charge is 0.406 e. The number of benzene rings is 2. The fourth-order valence-corrected chi connectivity index (χ4v) is 5.50. The molecule has 0 saturated carbocycles. The van der Waals surface area contributed by atoms with Crippen molar-refractivity contribution in [3.8, 4) is 17.6 Å². The molecule has 14 heteroatoms. The fraction of sp³-hybridized carbons (Fsp3) is 0.414. The highest BCUT2D eigenvalue weighted by atomic mass is 32.2. The second-order valence-corrected chi connectivity index (χ2v) is 11.7. The second-order valence-electron chi connectivity index (χ2n) is 10.1. The number of hydrogen-bond acceptors (Lipinski definition) is 8. The summed E-state index contributed by atoms with van der Waals surface area (Å²) in [5.41, 5.74) is 1.81. The van der Waals surface area contributed by atoms with E-state index in [4.69, 9.17) is 14.6 Å². The average molecular weight is 622 g/mol. The topological polar surface area (TPSA) is 128 Å². The van der Waals surface area contributed by atoms with Gasteiger partial charge < -0.3 is 24.7 Å². The Hall–Kier alpha value is -3.93. The van der Waals surface area contributed by atoms with E-state index in [1.165, 1.54) is 32.2 Å². The molecular formula is C29H34F3N5O5S. The monoisotopic (exact) mass is 621 g/mol. The van der Waals surface area contributed by atoms with Crippen molar-refractivity contribution < 1.29 is 35.9 Å². The van der Waals surface area contributed by atoms with E-state index in [9.17, 15) is 26.4 Å². The van der Waals surface area contributed by atoms with Gasteiger partial charge in [0.15, 0.2) is 0 Å². The van der Waals surface area contributed by atoms with Crippen LogP contribution in [0.25, 0.3) is 10.9 Å². The molecule has 4 N–H and O–H groups in total. The molecule has 0 amide bonds. The predicted octanol–water partition coefficient (Wildman–Crippen LogP) is 3.76. The molecule has 1 aromatic heterocycles. The maximum absolute atomic E-state index is 13.6. The van der Waals surface area contributed by atoms with Gasteiger partial charge in [-0.3, -0.25) is 9.69 Å². The zero-order valence-corrected chi connectivity index (χ0v) is 24.6. The van der Waals surface area contributed by atoms with E-state index < -0.39 is 22.7 Å². The van der Waals surface area contributed by atoms with Crippen molar-refractivity contribution in [3.05, 3.63) is 48.2 Å². The van der Waals surface area contributed by atoms with Gasteiger partial charge in [0.1, 0.15) is 18.9 Å². The minimum absolute atomic E-state index is 0.0553. The summed E-state index contributed by atoms with van der Waals surface area (Å²) in [5.74, 6) is 5.64. The standard InChI is InChI=1S/C29H34F3N5O5S/c1-20(38)42-16-15-36-13-10-21(11-14-36)35-25-6-3-7-27-24(25)17-22(37(27)19-29(30,31)32)5-4-12-34-26-9-8-23(43(33,39)40)18-28(26)41-2/h3,6-9,17-18,21,34-35H,10-16,19H2,1-2H3,(H2,33,39,40). The summed E-state index contributed by atoms with van der Waals surface area (Å²) in [6, 6.07) is 11.1. The number of nitrogens with two attached hydrogens (primary N) is 1. The Kier molecular flexibility index (Phi) is 10.1. The number of hydrogen-bond donors (Lipinski definition) is 3. The van der Waals surface area contributed by atoms with Crippen LogP contribution in [-0.2, 0) is 26.1 Å². The SMILES string of the molecule is COc1cc(S(N)(=O)=O)ccc1NCC#Cc1cc2c(NC3CCN(CCOC(C)=O)CC3)cccc2n1CC(F)(F)F. The number of rotatable bonds is 10. The summed E-state index contributed by atoms with van der Waals surface area (Å²) in [7, 11) is -2.55. The lowest BCUT2D eigenvalue weighted by atomic mass is 10.0. The number of aromatic nitrogens is 1. The first-order valence-electron chi connectivity index (χ1n) is 13.6. The fourth-order valence-electron chi connectivity index (χ4n) is 4.97. The molecule has 0 spiro atoms. The van der Waals surface area contributed by atoms with Gasteiger partial charge in [-0.25, -0.2) is 13.6 Å². The molecule has 0 unspecified atom stereocenters. The van der Waals surface area contributed by atoms with Crippen LogP contribution in [0.15, 0.2) is 47.4 Å². The third-order valence-corrected chi connectivity index (χ3v) is 7.94. The maximum atomic E-state index is 13.6. The van der Waals surface area contributed by atoms with Crippen molar-refractivity contribution in [2.75, 3.05) is 50.5 Å². The minimum Gasteiger partial charge on any atom is -0.495 e. The van der Waals surface area contributed by atoms with Gasteiger partial charge in [0.05, 0.1) is 35.4 Å². The van der Waals surface area contributed by atoms with E-state index in [0.29, 0.717) is 29.7 Å². The van der Waals surface area contributed by atoms with Crippen LogP contribution < -0.4 is 20.5 Å². The van der Waals surface area contributed by atoms with Crippen LogP contribution in [0, 0.1) is 11.8 Å². The summed E-state index contributed by atoms with van der Waals surface area (Å²) in [5, 5.41) is 12.3. The molecule has 0 bridgehead atoms. The Morgan fingerprint density at radius 1 is 1.14 bits per heavy atom. The van der Waals surface area contributed by atoms with Crippen molar-refractivity contribution in [2.24, 2.45) is 5.14 Å². The highest BCUT2D eigenvalue weighted by molar-refractivity contribution is 7.89. The first-order valence-corrected chi connectivity index (χ1v) is 15.1. The second kappa shape index (κ2) is 13.6. The minimum atomic E-state index is -4.46. The van der Waals surface area contributed by atoms with Gasteiger partial charge in [0.25, 0.3) is 0 Å². The van der Waals surface area contributed by atoms with Crippen molar-refractivity contribution in [2.45, 2.75) is 43.4 Å². The zero-order chi connectivity index (χ0) is 31.2. The number of fused-ring (bicyclic) bond motifs is 1. The van der Waals surface area contributed by atoms with Crippen LogP contribution in [0.3, 0.4) is 0 Å². The van der Waals surface area contributed by atoms with E-state index in [1.54, 1.807) is 18.2 Å². The molecule has 1 aliphatic rings. The summed E-state index contributed by atoms with van der Waals surface area (Å²) < 4.78 is 75.4. The van der Waals surface area contributed by atoms with Crippen LogP contribution >= 0.6 is 0 Å². The molecule has 0 radical (unpaired) electrons. The van der Waals surface area contributed by atoms with Gasteiger partial charge >= 0.3 is 12.1 Å². The molecular weight excluding hydrogens is 587 g/mol. The first-order chi connectivity index (χ1) is 20.3. The third kappa shape index (κ3) is 8.79. The molecule has 3 aromatic rings. The number of primary sulfonamides is 1. The zero-order valence-electron chi connectivity index (χ0n) is 23.8. The Morgan fingerprint density at radius 3 is 2.53 bits per heavy atom. The molecule has 232 valence electrons.